The van der Waals surface area contributed by atoms with Crippen LogP contribution in [-0.2, 0) is 34.4 Å². The first-order chi connectivity index (χ1) is 34.2. The molecule has 8 heterocycles. The molecule has 4 amide bonds. The van der Waals surface area contributed by atoms with Crippen LogP contribution in [0.25, 0.3) is 22.3 Å². The van der Waals surface area contributed by atoms with E-state index in [1.54, 1.807) is 30.4 Å². The molecule has 3 atom stereocenters. The Kier molecular flexibility index (Phi) is 13.5. The van der Waals surface area contributed by atoms with E-state index in [0.717, 1.165) is 91.2 Å². The Balaban J connectivity index is 0.711. The molecule has 5 aliphatic heterocycles. The highest BCUT2D eigenvalue weighted by atomic mass is 19.1. The number of pyridine rings is 1. The normalized spacial score (nSPS) is 21.3. The molecule has 5 aromatic rings. The third-order valence-electron chi connectivity index (χ3n) is 15.8. The van der Waals surface area contributed by atoms with Gasteiger partial charge < -0.3 is 14.8 Å². The zero-order chi connectivity index (χ0) is 49.7. The van der Waals surface area contributed by atoms with Crippen molar-refractivity contribution in [1.82, 2.24) is 44.0 Å². The van der Waals surface area contributed by atoms with Gasteiger partial charge in [0, 0.05) is 138 Å². The highest BCUT2D eigenvalue weighted by Crippen LogP contribution is 2.36. The number of amides is 4. The third kappa shape index (κ3) is 9.54. The van der Waals surface area contributed by atoms with Crippen molar-refractivity contribution >= 4 is 51.7 Å². The summed E-state index contributed by atoms with van der Waals surface area (Å²) in [4.78, 5) is 83.9. The topological polar surface area (TPSA) is 161 Å². The predicted octanol–water partition coefficient (Wildman–Crippen LogP) is 5.60. The van der Waals surface area contributed by atoms with Gasteiger partial charge in [-0.2, -0.15) is 4.98 Å². The van der Waals surface area contributed by atoms with Crippen molar-refractivity contribution in [3.63, 3.8) is 0 Å². The second kappa shape index (κ2) is 19.9. The maximum absolute atomic E-state index is 16.1. The van der Waals surface area contributed by atoms with Gasteiger partial charge in [-0.3, -0.25) is 48.7 Å². The number of carbonyl (C=O) groups excluding carboxylic acids is 4. The van der Waals surface area contributed by atoms with Gasteiger partial charge in [0.15, 0.2) is 0 Å². The lowest BCUT2D eigenvalue weighted by Crippen LogP contribution is -2.55. The zero-order valence-corrected chi connectivity index (χ0v) is 41.4. The number of piperazine rings is 1. The molecule has 5 aliphatic rings. The van der Waals surface area contributed by atoms with Crippen LogP contribution < -0.4 is 21.2 Å². The van der Waals surface area contributed by atoms with Crippen molar-refractivity contribution in [2.24, 2.45) is 13.0 Å². The lowest BCUT2D eigenvalue weighted by molar-refractivity contribution is -0.135. The van der Waals surface area contributed by atoms with E-state index in [1.165, 1.54) is 16.2 Å². The second-order valence-corrected chi connectivity index (χ2v) is 20.2. The molecule has 0 radical (unpaired) electrons. The van der Waals surface area contributed by atoms with Crippen molar-refractivity contribution in [2.45, 2.75) is 90.4 Å². The summed E-state index contributed by atoms with van der Waals surface area (Å²) in [6, 6.07) is 14.9. The average Bonchev–Trinajstić information content (AvgIpc) is 3.71. The van der Waals surface area contributed by atoms with Gasteiger partial charge in [-0.1, -0.05) is 18.2 Å². The van der Waals surface area contributed by atoms with Crippen molar-refractivity contribution in [1.29, 1.82) is 0 Å². The summed E-state index contributed by atoms with van der Waals surface area (Å²) in [5.74, 6) is -0.261. The van der Waals surface area contributed by atoms with E-state index in [2.05, 4.69) is 78.0 Å². The number of hydrogen-bond acceptors (Lipinski definition) is 11. The number of rotatable bonds is 11. The molecular weight excluding hydrogens is 902 g/mol. The number of hydrogen-bond donors (Lipinski definition) is 2. The number of aryl methyl sites for hydroxylation is 3. The van der Waals surface area contributed by atoms with Gasteiger partial charge in [0.1, 0.15) is 23.3 Å². The van der Waals surface area contributed by atoms with Gasteiger partial charge in [0.05, 0.1) is 5.69 Å². The standard InChI is InChI=1S/C54H64FN11O5/c1-33-26-40(28-42(55)50(33)38-15-21-62(22-16-38)35(3)46-29-41-44(12-18-57-51(41)60(46)5)65-23-17-47(56-4)58-54(65)71)53(70)63-19-13-36(14-20-63)32-64-25-24-61(30-34(64)2)31-37-6-8-43-39(27-37)7-11-49(68)66(43)45-9-10-48(67)59-52(45)69/h6,8,12,15,17-18,23,26-29,34-36,45H,7,9-11,13-14,16,19-22,24-25,30-32H2,1-5H3,(H,56,58,71)(H,59,67,69)/t34-,35-,45?/m0/s1. The van der Waals surface area contributed by atoms with Crippen LogP contribution in [0.2, 0.25) is 0 Å². The number of nitrogens with zero attached hydrogens (tertiary/aromatic N) is 9. The summed E-state index contributed by atoms with van der Waals surface area (Å²) in [6.07, 6.45) is 9.57. The molecule has 3 aromatic heterocycles. The summed E-state index contributed by atoms with van der Waals surface area (Å²) in [6.45, 7) is 13.6. The average molecular weight is 966 g/mol. The number of benzene rings is 2. The Morgan fingerprint density at radius 1 is 0.930 bits per heavy atom. The Morgan fingerprint density at radius 2 is 1.75 bits per heavy atom. The maximum atomic E-state index is 16.1. The Hall–Kier alpha value is -6.56. The minimum atomic E-state index is -0.657. The van der Waals surface area contributed by atoms with Crippen molar-refractivity contribution in [3.8, 4) is 5.69 Å². The molecule has 17 heteroatoms. The van der Waals surface area contributed by atoms with Crippen molar-refractivity contribution in [2.75, 3.05) is 69.6 Å². The summed E-state index contributed by atoms with van der Waals surface area (Å²) in [5.41, 5.74) is 7.89. The molecule has 0 aliphatic carbocycles. The van der Waals surface area contributed by atoms with Crippen LogP contribution in [0.15, 0.2) is 71.8 Å². The molecule has 0 bridgehead atoms. The molecule has 2 aromatic carbocycles. The lowest BCUT2D eigenvalue weighted by Gasteiger charge is -2.43. The molecule has 2 N–H and O–H groups in total. The number of aromatic nitrogens is 4. The van der Waals surface area contributed by atoms with E-state index in [0.29, 0.717) is 79.9 Å². The van der Waals surface area contributed by atoms with Crippen LogP contribution in [0.3, 0.4) is 0 Å². The summed E-state index contributed by atoms with van der Waals surface area (Å²) in [7, 11) is 3.72. The number of imide groups is 1. The molecule has 71 heavy (non-hydrogen) atoms. The summed E-state index contributed by atoms with van der Waals surface area (Å²) >= 11 is 0. The first kappa shape index (κ1) is 48.1. The fourth-order valence-corrected chi connectivity index (χ4v) is 11.8. The van der Waals surface area contributed by atoms with Gasteiger partial charge in [0.25, 0.3) is 5.91 Å². The lowest BCUT2D eigenvalue weighted by atomic mass is 9.92. The molecule has 1 unspecified atom stereocenters. The Labute approximate surface area is 413 Å². The number of nitrogens with one attached hydrogen (secondary N) is 2. The minimum absolute atomic E-state index is 0.0167. The fourth-order valence-electron chi connectivity index (χ4n) is 11.8. The molecule has 3 saturated heterocycles. The fraction of sp³-hybridized carbons (Fsp3) is 0.463. The Morgan fingerprint density at radius 3 is 2.46 bits per heavy atom. The van der Waals surface area contributed by atoms with Crippen LogP contribution in [-0.4, -0.2) is 134 Å². The molecule has 0 spiro atoms. The predicted molar refractivity (Wildman–Crippen MR) is 271 cm³/mol. The van der Waals surface area contributed by atoms with E-state index in [9.17, 15) is 24.0 Å². The smallest absolute Gasteiger partial charge is 0.354 e. The number of halogens is 1. The maximum Gasteiger partial charge on any atom is 0.354 e. The Bertz CT molecular complexity index is 2990. The number of anilines is 2. The van der Waals surface area contributed by atoms with Gasteiger partial charge in [-0.05, 0) is 117 Å². The van der Waals surface area contributed by atoms with Crippen LogP contribution in [0.4, 0.5) is 15.9 Å². The summed E-state index contributed by atoms with van der Waals surface area (Å²) < 4.78 is 19.8. The van der Waals surface area contributed by atoms with Gasteiger partial charge in [-0.25, -0.2) is 14.2 Å². The second-order valence-electron chi connectivity index (χ2n) is 20.2. The van der Waals surface area contributed by atoms with E-state index in [4.69, 9.17) is 0 Å². The number of fused-ring (bicyclic) bond motifs is 2. The van der Waals surface area contributed by atoms with E-state index in [1.807, 2.05) is 37.1 Å². The molecule has 372 valence electrons. The zero-order valence-electron chi connectivity index (χ0n) is 41.4. The van der Waals surface area contributed by atoms with E-state index < -0.39 is 11.9 Å². The monoisotopic (exact) mass is 966 g/mol. The first-order valence-corrected chi connectivity index (χ1v) is 25.2. The molecule has 0 saturated carbocycles. The number of carbonyl (C=O) groups is 4. The third-order valence-corrected chi connectivity index (χ3v) is 15.8. The quantitative estimate of drug-likeness (QED) is 0.159. The van der Waals surface area contributed by atoms with Gasteiger partial charge in [-0.15, -0.1) is 0 Å². The van der Waals surface area contributed by atoms with Crippen LogP contribution in [0, 0.1) is 18.7 Å². The number of likely N-dealkylation sites (tertiary alicyclic amines) is 1. The highest BCUT2D eigenvalue weighted by Gasteiger charge is 2.38. The first-order valence-electron chi connectivity index (χ1n) is 25.2. The van der Waals surface area contributed by atoms with Crippen LogP contribution in [0.1, 0.15) is 96.7 Å². The molecule has 3 fully saturated rings. The van der Waals surface area contributed by atoms with E-state index >= 15 is 4.39 Å². The molecule has 10 rings (SSSR count). The van der Waals surface area contributed by atoms with Crippen molar-refractivity contribution < 1.29 is 23.6 Å². The SMILES string of the molecule is CNc1ccn(-c2ccnc3c2cc([C@H](C)N2CC=C(c4c(C)cc(C(=O)N5CCC(CN6CCN(Cc7ccc8c(c7)CCC(=O)N8C7CCC(=O)NC7=O)C[C@@H]6C)CC5)cc4F)CC2)n3C)c(=O)n1. The summed E-state index contributed by atoms with van der Waals surface area (Å²) in [5, 5.41) is 6.17. The highest BCUT2D eigenvalue weighted by molar-refractivity contribution is 6.08. The van der Waals surface area contributed by atoms with Crippen molar-refractivity contribution in [3.05, 3.63) is 117 Å². The van der Waals surface area contributed by atoms with Gasteiger partial charge in [0.2, 0.25) is 17.7 Å². The number of piperidine rings is 2. The molecular formula is C54H64FN11O5. The van der Waals surface area contributed by atoms with E-state index in [-0.39, 0.29) is 41.7 Å². The largest absolute Gasteiger partial charge is 0.373 e. The van der Waals surface area contributed by atoms with Crippen LogP contribution >= 0.6 is 0 Å². The van der Waals surface area contributed by atoms with Crippen LogP contribution in [0.5, 0.6) is 0 Å². The molecule has 16 nitrogen and oxygen atoms in total. The minimum Gasteiger partial charge on any atom is -0.373 e. The van der Waals surface area contributed by atoms with Gasteiger partial charge >= 0.3 is 5.69 Å².